The zero-order valence-corrected chi connectivity index (χ0v) is 9.54. The minimum absolute atomic E-state index is 0.594. The van der Waals surface area contributed by atoms with Crippen LogP contribution in [0.25, 0.3) is 0 Å². The molecule has 3 heteroatoms. The Labute approximate surface area is 87.6 Å². The SMILES string of the molecule is CC(CN)CCCN1CCOCC1C. The minimum atomic E-state index is 0.594. The molecule has 2 atom stereocenters. The predicted molar refractivity (Wildman–Crippen MR) is 59.3 cm³/mol. The normalized spacial score (nSPS) is 26.4. The standard InChI is InChI=1S/C11H24N2O/c1-10(8-12)4-3-5-13-6-7-14-9-11(13)2/h10-11H,3-9,12H2,1-2H3. The van der Waals surface area contributed by atoms with Crippen molar-refractivity contribution < 1.29 is 4.74 Å². The second kappa shape index (κ2) is 6.38. The molecule has 0 saturated carbocycles. The van der Waals surface area contributed by atoms with Gasteiger partial charge in [0.05, 0.1) is 13.2 Å². The van der Waals surface area contributed by atoms with Crippen molar-refractivity contribution in [1.29, 1.82) is 0 Å². The number of hydrogen-bond acceptors (Lipinski definition) is 3. The van der Waals surface area contributed by atoms with Gasteiger partial charge in [0.25, 0.3) is 0 Å². The highest BCUT2D eigenvalue weighted by molar-refractivity contribution is 4.71. The van der Waals surface area contributed by atoms with E-state index >= 15 is 0 Å². The molecule has 0 amide bonds. The Hall–Kier alpha value is -0.120. The van der Waals surface area contributed by atoms with Crippen LogP contribution in [0.15, 0.2) is 0 Å². The number of rotatable bonds is 5. The molecule has 84 valence electrons. The molecule has 0 radical (unpaired) electrons. The van der Waals surface area contributed by atoms with E-state index in [1.54, 1.807) is 0 Å². The Kier molecular flexibility index (Phi) is 5.45. The second-order valence-corrected chi connectivity index (χ2v) is 4.44. The summed E-state index contributed by atoms with van der Waals surface area (Å²) < 4.78 is 5.40. The third-order valence-electron chi connectivity index (χ3n) is 3.05. The van der Waals surface area contributed by atoms with Crippen LogP contribution in [0.5, 0.6) is 0 Å². The average Bonchev–Trinajstić information content (AvgIpc) is 2.20. The maximum absolute atomic E-state index is 5.58. The lowest BCUT2D eigenvalue weighted by atomic mass is 10.1. The van der Waals surface area contributed by atoms with Gasteiger partial charge in [0.2, 0.25) is 0 Å². The molecule has 1 aliphatic heterocycles. The Balaban J connectivity index is 2.10. The van der Waals surface area contributed by atoms with Crippen LogP contribution in [0, 0.1) is 5.92 Å². The fourth-order valence-corrected chi connectivity index (χ4v) is 1.85. The van der Waals surface area contributed by atoms with Crippen molar-refractivity contribution in [2.24, 2.45) is 11.7 Å². The highest BCUT2D eigenvalue weighted by Crippen LogP contribution is 2.10. The van der Waals surface area contributed by atoms with E-state index in [4.69, 9.17) is 10.5 Å². The maximum atomic E-state index is 5.58. The summed E-state index contributed by atoms with van der Waals surface area (Å²) in [6.07, 6.45) is 2.52. The van der Waals surface area contributed by atoms with E-state index in [0.717, 1.165) is 26.3 Å². The van der Waals surface area contributed by atoms with E-state index in [1.807, 2.05) is 0 Å². The van der Waals surface area contributed by atoms with Gasteiger partial charge in [-0.15, -0.1) is 0 Å². The van der Waals surface area contributed by atoms with Gasteiger partial charge in [0.1, 0.15) is 0 Å². The van der Waals surface area contributed by atoms with Gasteiger partial charge in [-0.3, -0.25) is 4.90 Å². The summed E-state index contributed by atoms with van der Waals surface area (Å²) in [4.78, 5) is 2.52. The average molecular weight is 200 g/mol. The van der Waals surface area contributed by atoms with Crippen molar-refractivity contribution in [1.82, 2.24) is 4.90 Å². The molecule has 0 aromatic carbocycles. The van der Waals surface area contributed by atoms with Gasteiger partial charge in [-0.2, -0.15) is 0 Å². The van der Waals surface area contributed by atoms with Crippen LogP contribution in [0.2, 0.25) is 0 Å². The Morgan fingerprint density at radius 1 is 1.57 bits per heavy atom. The molecule has 1 rings (SSSR count). The predicted octanol–water partition coefficient (Wildman–Crippen LogP) is 1.08. The van der Waals surface area contributed by atoms with Gasteiger partial charge in [-0.05, 0) is 38.8 Å². The lowest BCUT2D eigenvalue weighted by molar-refractivity contribution is -0.00122. The van der Waals surface area contributed by atoms with Crippen molar-refractivity contribution in [3.8, 4) is 0 Å². The van der Waals surface area contributed by atoms with Crippen LogP contribution in [0.3, 0.4) is 0 Å². The Morgan fingerprint density at radius 2 is 2.36 bits per heavy atom. The summed E-state index contributed by atoms with van der Waals surface area (Å²) in [7, 11) is 0. The first-order valence-electron chi connectivity index (χ1n) is 5.76. The van der Waals surface area contributed by atoms with E-state index in [0.29, 0.717) is 12.0 Å². The van der Waals surface area contributed by atoms with Crippen LogP contribution in [0.1, 0.15) is 26.7 Å². The van der Waals surface area contributed by atoms with Crippen molar-refractivity contribution in [3.63, 3.8) is 0 Å². The molecule has 3 nitrogen and oxygen atoms in total. The fraction of sp³-hybridized carbons (Fsp3) is 1.00. The molecule has 0 spiro atoms. The molecule has 1 aliphatic rings. The first-order chi connectivity index (χ1) is 6.74. The zero-order valence-electron chi connectivity index (χ0n) is 9.54. The second-order valence-electron chi connectivity index (χ2n) is 4.44. The Bertz CT molecular complexity index is 152. The number of hydrogen-bond donors (Lipinski definition) is 1. The molecular weight excluding hydrogens is 176 g/mol. The summed E-state index contributed by atoms with van der Waals surface area (Å²) in [6, 6.07) is 0.594. The van der Waals surface area contributed by atoms with Crippen molar-refractivity contribution in [2.75, 3.05) is 32.8 Å². The fourth-order valence-electron chi connectivity index (χ4n) is 1.85. The number of nitrogens with zero attached hydrogens (tertiary/aromatic N) is 1. The van der Waals surface area contributed by atoms with E-state index in [9.17, 15) is 0 Å². The number of morpholine rings is 1. The molecule has 2 unspecified atom stereocenters. The van der Waals surface area contributed by atoms with Gasteiger partial charge >= 0.3 is 0 Å². The summed E-state index contributed by atoms with van der Waals surface area (Å²) in [5, 5.41) is 0. The van der Waals surface area contributed by atoms with Crippen LogP contribution in [-0.2, 0) is 4.74 Å². The molecule has 0 aromatic heterocycles. The van der Waals surface area contributed by atoms with Gasteiger partial charge < -0.3 is 10.5 Å². The minimum Gasteiger partial charge on any atom is -0.379 e. The summed E-state index contributed by atoms with van der Waals surface area (Å²) in [6.45, 7) is 9.38. The highest BCUT2D eigenvalue weighted by Gasteiger charge is 2.17. The van der Waals surface area contributed by atoms with Crippen molar-refractivity contribution in [2.45, 2.75) is 32.7 Å². The smallest absolute Gasteiger partial charge is 0.0619 e. The van der Waals surface area contributed by atoms with Crippen molar-refractivity contribution in [3.05, 3.63) is 0 Å². The summed E-state index contributed by atoms with van der Waals surface area (Å²) in [5.74, 6) is 0.673. The van der Waals surface area contributed by atoms with E-state index in [-0.39, 0.29) is 0 Å². The van der Waals surface area contributed by atoms with E-state index < -0.39 is 0 Å². The molecule has 0 aliphatic carbocycles. The Morgan fingerprint density at radius 3 is 3.00 bits per heavy atom. The number of ether oxygens (including phenoxy) is 1. The summed E-state index contributed by atoms with van der Waals surface area (Å²) in [5.41, 5.74) is 5.58. The maximum Gasteiger partial charge on any atom is 0.0619 e. The largest absolute Gasteiger partial charge is 0.379 e. The first kappa shape index (κ1) is 12.0. The topological polar surface area (TPSA) is 38.5 Å². The van der Waals surface area contributed by atoms with Crippen LogP contribution >= 0.6 is 0 Å². The zero-order chi connectivity index (χ0) is 10.4. The summed E-state index contributed by atoms with van der Waals surface area (Å²) >= 11 is 0. The van der Waals surface area contributed by atoms with Gasteiger partial charge in [-0.1, -0.05) is 6.92 Å². The lowest BCUT2D eigenvalue weighted by Crippen LogP contribution is -2.44. The third kappa shape index (κ3) is 3.95. The molecule has 1 heterocycles. The van der Waals surface area contributed by atoms with E-state index in [1.165, 1.54) is 19.4 Å². The van der Waals surface area contributed by atoms with Gasteiger partial charge in [-0.25, -0.2) is 0 Å². The van der Waals surface area contributed by atoms with E-state index in [2.05, 4.69) is 18.7 Å². The monoisotopic (exact) mass is 200 g/mol. The highest BCUT2D eigenvalue weighted by atomic mass is 16.5. The molecule has 2 N–H and O–H groups in total. The van der Waals surface area contributed by atoms with Crippen LogP contribution < -0.4 is 5.73 Å². The van der Waals surface area contributed by atoms with Gasteiger partial charge in [0.15, 0.2) is 0 Å². The first-order valence-corrected chi connectivity index (χ1v) is 5.76. The molecule has 1 fully saturated rings. The lowest BCUT2D eigenvalue weighted by Gasteiger charge is -2.33. The molecule has 0 bridgehead atoms. The van der Waals surface area contributed by atoms with Gasteiger partial charge in [0, 0.05) is 12.6 Å². The van der Waals surface area contributed by atoms with Crippen molar-refractivity contribution >= 4 is 0 Å². The molecule has 14 heavy (non-hydrogen) atoms. The molecular formula is C11H24N2O. The number of nitrogens with two attached hydrogens (primary N) is 1. The molecule has 0 aromatic rings. The third-order valence-corrected chi connectivity index (χ3v) is 3.05. The molecule has 1 saturated heterocycles. The van der Waals surface area contributed by atoms with Crippen LogP contribution in [0.4, 0.5) is 0 Å². The quantitative estimate of drug-likeness (QED) is 0.722. The van der Waals surface area contributed by atoms with Crippen LogP contribution in [-0.4, -0.2) is 43.8 Å².